The van der Waals surface area contributed by atoms with E-state index in [0.717, 1.165) is 12.2 Å². The van der Waals surface area contributed by atoms with E-state index >= 15 is 0 Å². The summed E-state index contributed by atoms with van der Waals surface area (Å²) in [5, 5.41) is 10.9. The van der Waals surface area contributed by atoms with Crippen molar-refractivity contribution in [3.8, 4) is 0 Å². The van der Waals surface area contributed by atoms with Gasteiger partial charge in [-0.15, -0.1) is 0 Å². The molecule has 5 nitrogen and oxygen atoms in total. The molecule has 98 valence electrons. The van der Waals surface area contributed by atoms with Crippen molar-refractivity contribution in [1.29, 1.82) is 0 Å². The molecule has 0 aliphatic heterocycles. The Hall–Kier alpha value is -1.76. The van der Waals surface area contributed by atoms with E-state index in [0.29, 0.717) is 23.5 Å². The van der Waals surface area contributed by atoms with Crippen LogP contribution in [0.5, 0.6) is 0 Å². The molecule has 0 unspecified atom stereocenters. The first-order valence-corrected chi connectivity index (χ1v) is 5.74. The standard InChI is InChI=1S/C11H15F2N5/c1-2-17-6-4-9(16-17)7-14-8-10-3-5-15-18(10)11(12)13/h3-6,11,14H,2,7-8H2,1H3. The Morgan fingerprint density at radius 3 is 2.83 bits per heavy atom. The Morgan fingerprint density at radius 2 is 2.17 bits per heavy atom. The minimum atomic E-state index is -2.60. The van der Waals surface area contributed by atoms with E-state index in [2.05, 4.69) is 15.5 Å². The van der Waals surface area contributed by atoms with E-state index < -0.39 is 6.55 Å². The number of hydrogen-bond donors (Lipinski definition) is 1. The van der Waals surface area contributed by atoms with Crippen LogP contribution in [0.1, 0.15) is 24.9 Å². The molecule has 0 radical (unpaired) electrons. The van der Waals surface area contributed by atoms with Gasteiger partial charge in [0.05, 0.1) is 11.4 Å². The average molecular weight is 255 g/mol. The lowest BCUT2D eigenvalue weighted by Gasteiger charge is -2.06. The van der Waals surface area contributed by atoms with Crippen LogP contribution in [-0.4, -0.2) is 19.6 Å². The summed E-state index contributed by atoms with van der Waals surface area (Å²) in [7, 11) is 0. The summed E-state index contributed by atoms with van der Waals surface area (Å²) in [6.07, 6.45) is 3.26. The highest BCUT2D eigenvalue weighted by molar-refractivity contribution is 5.02. The summed E-state index contributed by atoms with van der Waals surface area (Å²) in [6.45, 7) is 1.10. The van der Waals surface area contributed by atoms with E-state index in [4.69, 9.17) is 0 Å². The molecule has 1 N–H and O–H groups in total. The van der Waals surface area contributed by atoms with Gasteiger partial charge in [-0.05, 0) is 19.1 Å². The third-order valence-corrected chi connectivity index (χ3v) is 2.57. The minimum absolute atomic E-state index is 0.337. The lowest BCUT2D eigenvalue weighted by atomic mass is 10.4. The summed E-state index contributed by atoms with van der Waals surface area (Å²) in [4.78, 5) is 0. The Morgan fingerprint density at radius 1 is 1.33 bits per heavy atom. The van der Waals surface area contributed by atoms with Crippen LogP contribution < -0.4 is 5.32 Å². The van der Waals surface area contributed by atoms with Gasteiger partial charge in [0.2, 0.25) is 0 Å². The molecule has 2 rings (SSSR count). The fourth-order valence-corrected chi connectivity index (χ4v) is 1.65. The van der Waals surface area contributed by atoms with Gasteiger partial charge in [0, 0.05) is 32.0 Å². The van der Waals surface area contributed by atoms with Crippen molar-refractivity contribution < 1.29 is 8.78 Å². The molecule has 0 bridgehead atoms. The summed E-state index contributed by atoms with van der Waals surface area (Å²) in [5.41, 5.74) is 1.35. The first-order valence-electron chi connectivity index (χ1n) is 5.74. The molecule has 2 aromatic heterocycles. The number of hydrogen-bond acceptors (Lipinski definition) is 3. The van der Waals surface area contributed by atoms with Gasteiger partial charge in [-0.2, -0.15) is 19.0 Å². The third kappa shape index (κ3) is 2.92. The molecule has 0 aliphatic carbocycles. The molecule has 0 amide bonds. The van der Waals surface area contributed by atoms with Gasteiger partial charge >= 0.3 is 6.55 Å². The van der Waals surface area contributed by atoms with Crippen LogP contribution >= 0.6 is 0 Å². The highest BCUT2D eigenvalue weighted by Crippen LogP contribution is 2.11. The smallest absolute Gasteiger partial charge is 0.305 e. The van der Waals surface area contributed by atoms with E-state index in [1.165, 1.54) is 6.20 Å². The Bertz CT molecular complexity index is 491. The number of alkyl halides is 2. The number of nitrogens with zero attached hydrogens (tertiary/aromatic N) is 4. The SMILES string of the molecule is CCn1ccc(CNCc2ccnn2C(F)F)n1. The predicted molar refractivity (Wildman–Crippen MR) is 61.9 cm³/mol. The minimum Gasteiger partial charge on any atom is -0.305 e. The van der Waals surface area contributed by atoms with Gasteiger partial charge in [-0.3, -0.25) is 4.68 Å². The van der Waals surface area contributed by atoms with Crippen LogP contribution in [0.3, 0.4) is 0 Å². The zero-order valence-corrected chi connectivity index (χ0v) is 10.1. The van der Waals surface area contributed by atoms with Crippen molar-refractivity contribution in [1.82, 2.24) is 24.9 Å². The Kier molecular flexibility index (Phi) is 4.03. The fraction of sp³-hybridized carbons (Fsp3) is 0.455. The van der Waals surface area contributed by atoms with Gasteiger partial charge < -0.3 is 5.32 Å². The molecule has 0 fully saturated rings. The molecule has 2 aromatic rings. The molecular formula is C11H15F2N5. The number of aromatic nitrogens is 4. The zero-order valence-electron chi connectivity index (χ0n) is 10.1. The molecular weight excluding hydrogens is 240 g/mol. The largest absolute Gasteiger partial charge is 0.333 e. The lowest BCUT2D eigenvalue weighted by molar-refractivity contribution is 0.0531. The average Bonchev–Trinajstić information content (AvgIpc) is 2.97. The van der Waals surface area contributed by atoms with E-state index in [1.54, 1.807) is 6.07 Å². The second-order valence-corrected chi connectivity index (χ2v) is 3.81. The first kappa shape index (κ1) is 12.7. The van der Waals surface area contributed by atoms with Crippen LogP contribution in [0.2, 0.25) is 0 Å². The molecule has 0 aromatic carbocycles. The van der Waals surface area contributed by atoms with Gasteiger partial charge in [0.1, 0.15) is 0 Å². The highest BCUT2D eigenvalue weighted by Gasteiger charge is 2.10. The maximum atomic E-state index is 12.5. The van der Waals surface area contributed by atoms with E-state index in [1.807, 2.05) is 23.9 Å². The normalized spacial score (nSPS) is 11.3. The molecule has 18 heavy (non-hydrogen) atoms. The predicted octanol–water partition coefficient (Wildman–Crippen LogP) is 1.78. The van der Waals surface area contributed by atoms with Crippen molar-refractivity contribution >= 4 is 0 Å². The third-order valence-electron chi connectivity index (χ3n) is 2.57. The molecule has 0 saturated carbocycles. The van der Waals surface area contributed by atoms with Crippen LogP contribution in [0.15, 0.2) is 24.5 Å². The maximum Gasteiger partial charge on any atom is 0.333 e. The maximum absolute atomic E-state index is 12.5. The van der Waals surface area contributed by atoms with Crippen LogP contribution in [0.25, 0.3) is 0 Å². The van der Waals surface area contributed by atoms with Crippen molar-refractivity contribution in [2.45, 2.75) is 33.1 Å². The van der Waals surface area contributed by atoms with Gasteiger partial charge in [-0.1, -0.05) is 0 Å². The van der Waals surface area contributed by atoms with Crippen LogP contribution in [-0.2, 0) is 19.6 Å². The molecule has 0 aliphatic rings. The molecule has 0 saturated heterocycles. The zero-order chi connectivity index (χ0) is 13.0. The molecule has 0 spiro atoms. The topological polar surface area (TPSA) is 47.7 Å². The van der Waals surface area contributed by atoms with Crippen molar-refractivity contribution in [3.05, 3.63) is 35.9 Å². The van der Waals surface area contributed by atoms with Gasteiger partial charge in [-0.25, -0.2) is 4.68 Å². The Balaban J connectivity index is 1.86. The first-order chi connectivity index (χ1) is 8.70. The second kappa shape index (κ2) is 5.72. The highest BCUT2D eigenvalue weighted by atomic mass is 19.3. The summed E-state index contributed by atoms with van der Waals surface area (Å²) < 4.78 is 27.6. The molecule has 0 atom stereocenters. The molecule has 7 heteroatoms. The number of halogens is 2. The van der Waals surface area contributed by atoms with Crippen molar-refractivity contribution in [2.75, 3.05) is 0 Å². The van der Waals surface area contributed by atoms with Crippen molar-refractivity contribution in [2.24, 2.45) is 0 Å². The summed E-state index contributed by atoms with van der Waals surface area (Å²) in [5.74, 6) is 0. The van der Waals surface area contributed by atoms with Gasteiger partial charge in [0.25, 0.3) is 0 Å². The van der Waals surface area contributed by atoms with Crippen LogP contribution in [0, 0.1) is 0 Å². The summed E-state index contributed by atoms with van der Waals surface area (Å²) in [6, 6.07) is 3.48. The van der Waals surface area contributed by atoms with Crippen molar-refractivity contribution in [3.63, 3.8) is 0 Å². The quantitative estimate of drug-likeness (QED) is 0.856. The number of rotatable bonds is 6. The Labute approximate surface area is 103 Å². The summed E-state index contributed by atoms with van der Waals surface area (Å²) >= 11 is 0. The number of nitrogens with one attached hydrogen (secondary N) is 1. The van der Waals surface area contributed by atoms with E-state index in [-0.39, 0.29) is 0 Å². The van der Waals surface area contributed by atoms with E-state index in [9.17, 15) is 8.78 Å². The van der Waals surface area contributed by atoms with Gasteiger partial charge in [0.15, 0.2) is 0 Å². The fourth-order valence-electron chi connectivity index (χ4n) is 1.65. The monoisotopic (exact) mass is 255 g/mol. The molecule has 2 heterocycles. The lowest BCUT2D eigenvalue weighted by Crippen LogP contribution is -2.17. The van der Waals surface area contributed by atoms with Crippen LogP contribution in [0.4, 0.5) is 8.78 Å². The second-order valence-electron chi connectivity index (χ2n) is 3.81. The number of aryl methyl sites for hydroxylation is 1.